The Morgan fingerprint density at radius 1 is 0.968 bits per heavy atom. The number of aromatic nitrogens is 7. The lowest BCUT2D eigenvalue weighted by molar-refractivity contribution is 0.485. The SMILES string of the molecule is CCc1nc(C)nn1-c1cc(N2CC(c3nc4ccccc4n3C)C2)nc(C2CC2)n1. The minimum atomic E-state index is 0.403. The van der Waals surface area contributed by atoms with E-state index in [2.05, 4.69) is 57.8 Å². The maximum absolute atomic E-state index is 4.92. The second-order valence-electron chi connectivity index (χ2n) is 8.68. The molecule has 0 unspecified atom stereocenters. The standard InChI is InChI=1S/C23H26N8/c1-4-19-24-14(2)28-31(19)21-11-20(26-22(27-21)15-9-10-15)30-12-16(13-30)23-25-17-7-5-6-8-18(17)29(23)3/h5-8,11,15-16H,4,9-10,12-13H2,1-3H3. The van der Waals surface area contributed by atoms with Gasteiger partial charge in [0.15, 0.2) is 5.82 Å². The summed E-state index contributed by atoms with van der Waals surface area (Å²) in [6, 6.07) is 10.4. The van der Waals surface area contributed by atoms with Crippen molar-refractivity contribution >= 4 is 16.9 Å². The molecule has 0 bridgehead atoms. The highest BCUT2D eigenvalue weighted by atomic mass is 15.4. The molecule has 4 heterocycles. The predicted molar refractivity (Wildman–Crippen MR) is 119 cm³/mol. The number of benzene rings is 1. The van der Waals surface area contributed by atoms with Gasteiger partial charge in [-0.05, 0) is 31.9 Å². The summed E-state index contributed by atoms with van der Waals surface area (Å²) in [4.78, 5) is 21.6. The zero-order valence-corrected chi connectivity index (χ0v) is 18.2. The number of hydrogen-bond donors (Lipinski definition) is 0. The Labute approximate surface area is 181 Å². The van der Waals surface area contributed by atoms with Gasteiger partial charge in [-0.25, -0.2) is 19.9 Å². The summed E-state index contributed by atoms with van der Waals surface area (Å²) in [6.07, 6.45) is 3.15. The van der Waals surface area contributed by atoms with Crippen LogP contribution in [0.5, 0.6) is 0 Å². The third kappa shape index (κ3) is 3.08. The van der Waals surface area contributed by atoms with Crippen molar-refractivity contribution in [3.63, 3.8) is 0 Å². The van der Waals surface area contributed by atoms with Crippen LogP contribution in [0.15, 0.2) is 30.3 Å². The number of nitrogens with zero attached hydrogens (tertiary/aromatic N) is 8. The number of para-hydroxylation sites is 2. The van der Waals surface area contributed by atoms with Crippen molar-refractivity contribution in [2.75, 3.05) is 18.0 Å². The Balaban J connectivity index is 1.31. The van der Waals surface area contributed by atoms with Gasteiger partial charge in [0.05, 0.1) is 17.0 Å². The van der Waals surface area contributed by atoms with E-state index in [0.717, 1.165) is 60.0 Å². The van der Waals surface area contributed by atoms with E-state index in [-0.39, 0.29) is 0 Å². The minimum absolute atomic E-state index is 0.403. The Hall–Kier alpha value is -3.29. The molecule has 2 aliphatic rings. The smallest absolute Gasteiger partial charge is 0.161 e. The van der Waals surface area contributed by atoms with Gasteiger partial charge < -0.3 is 9.47 Å². The fourth-order valence-corrected chi connectivity index (χ4v) is 4.46. The Kier molecular flexibility index (Phi) is 4.09. The molecule has 1 saturated carbocycles. The molecule has 0 atom stereocenters. The molecule has 2 fully saturated rings. The molecule has 31 heavy (non-hydrogen) atoms. The summed E-state index contributed by atoms with van der Waals surface area (Å²) in [5, 5.41) is 4.60. The van der Waals surface area contributed by atoms with E-state index < -0.39 is 0 Å². The molecule has 1 aliphatic carbocycles. The van der Waals surface area contributed by atoms with Crippen molar-refractivity contribution in [2.45, 2.75) is 44.9 Å². The van der Waals surface area contributed by atoms with Crippen LogP contribution in [0.3, 0.4) is 0 Å². The largest absolute Gasteiger partial charge is 0.355 e. The van der Waals surface area contributed by atoms with Gasteiger partial charge in [-0.3, -0.25) is 0 Å². The lowest BCUT2D eigenvalue weighted by Crippen LogP contribution is -2.46. The molecule has 1 aromatic carbocycles. The Morgan fingerprint density at radius 2 is 1.74 bits per heavy atom. The van der Waals surface area contributed by atoms with Crippen molar-refractivity contribution in [3.8, 4) is 5.82 Å². The van der Waals surface area contributed by atoms with Gasteiger partial charge in [0.2, 0.25) is 0 Å². The predicted octanol–water partition coefficient (Wildman–Crippen LogP) is 3.30. The number of fused-ring (bicyclic) bond motifs is 1. The van der Waals surface area contributed by atoms with Crippen LogP contribution in [-0.2, 0) is 13.5 Å². The third-order valence-electron chi connectivity index (χ3n) is 6.36. The summed E-state index contributed by atoms with van der Waals surface area (Å²) in [5.74, 6) is 6.49. The van der Waals surface area contributed by atoms with E-state index in [1.807, 2.05) is 17.7 Å². The quantitative estimate of drug-likeness (QED) is 0.499. The second kappa shape index (κ2) is 6.87. The highest BCUT2D eigenvalue weighted by Crippen LogP contribution is 2.40. The molecule has 3 aromatic heterocycles. The molecule has 0 radical (unpaired) electrons. The molecule has 0 spiro atoms. The molecule has 8 heteroatoms. The molecule has 1 aliphatic heterocycles. The highest BCUT2D eigenvalue weighted by Gasteiger charge is 2.35. The van der Waals surface area contributed by atoms with Crippen LogP contribution in [0.25, 0.3) is 16.9 Å². The minimum Gasteiger partial charge on any atom is -0.355 e. The van der Waals surface area contributed by atoms with Crippen molar-refractivity contribution in [3.05, 3.63) is 53.6 Å². The van der Waals surface area contributed by atoms with Crippen molar-refractivity contribution in [1.82, 2.24) is 34.3 Å². The van der Waals surface area contributed by atoms with E-state index >= 15 is 0 Å². The zero-order valence-electron chi connectivity index (χ0n) is 18.2. The van der Waals surface area contributed by atoms with Crippen LogP contribution in [0.4, 0.5) is 5.82 Å². The first-order valence-corrected chi connectivity index (χ1v) is 11.1. The van der Waals surface area contributed by atoms with Crippen LogP contribution >= 0.6 is 0 Å². The molecule has 0 amide bonds. The van der Waals surface area contributed by atoms with Crippen LogP contribution in [0.2, 0.25) is 0 Å². The molecule has 4 aromatic rings. The topological polar surface area (TPSA) is 77.5 Å². The molecular weight excluding hydrogens is 388 g/mol. The first-order valence-electron chi connectivity index (χ1n) is 11.1. The lowest BCUT2D eigenvalue weighted by atomic mass is 9.99. The summed E-state index contributed by atoms with van der Waals surface area (Å²) in [5.41, 5.74) is 2.25. The first kappa shape index (κ1) is 18.5. The number of hydrogen-bond acceptors (Lipinski definition) is 6. The van der Waals surface area contributed by atoms with Gasteiger partial charge in [0.25, 0.3) is 0 Å². The normalized spacial score (nSPS) is 16.8. The van der Waals surface area contributed by atoms with Crippen molar-refractivity contribution in [1.29, 1.82) is 0 Å². The van der Waals surface area contributed by atoms with Gasteiger partial charge in [-0.15, -0.1) is 5.10 Å². The summed E-state index contributed by atoms with van der Waals surface area (Å²) < 4.78 is 4.11. The van der Waals surface area contributed by atoms with E-state index in [1.165, 1.54) is 18.4 Å². The highest BCUT2D eigenvalue weighted by molar-refractivity contribution is 5.76. The maximum atomic E-state index is 4.92. The van der Waals surface area contributed by atoms with Gasteiger partial charge in [0, 0.05) is 38.5 Å². The number of imidazole rings is 1. The summed E-state index contributed by atoms with van der Waals surface area (Å²) >= 11 is 0. The lowest BCUT2D eigenvalue weighted by Gasteiger charge is -2.39. The van der Waals surface area contributed by atoms with E-state index in [4.69, 9.17) is 15.0 Å². The fourth-order valence-electron chi connectivity index (χ4n) is 4.46. The summed E-state index contributed by atoms with van der Waals surface area (Å²) in [7, 11) is 2.11. The van der Waals surface area contributed by atoms with Crippen molar-refractivity contribution < 1.29 is 0 Å². The average Bonchev–Trinajstić information content (AvgIpc) is 3.46. The average molecular weight is 415 g/mol. The van der Waals surface area contributed by atoms with Crippen molar-refractivity contribution in [2.24, 2.45) is 7.05 Å². The van der Waals surface area contributed by atoms with Gasteiger partial charge in [-0.1, -0.05) is 19.1 Å². The van der Waals surface area contributed by atoms with E-state index in [0.29, 0.717) is 11.8 Å². The molecule has 0 N–H and O–H groups in total. The molecule has 6 rings (SSSR count). The van der Waals surface area contributed by atoms with Crippen LogP contribution in [0.1, 0.15) is 54.9 Å². The molecule has 158 valence electrons. The van der Waals surface area contributed by atoms with Crippen LogP contribution < -0.4 is 4.90 Å². The maximum Gasteiger partial charge on any atom is 0.161 e. The monoisotopic (exact) mass is 414 g/mol. The Bertz CT molecular complexity index is 1280. The number of anilines is 1. The van der Waals surface area contributed by atoms with Crippen LogP contribution in [-0.4, -0.2) is 47.4 Å². The first-order chi connectivity index (χ1) is 15.1. The Morgan fingerprint density at radius 3 is 2.48 bits per heavy atom. The zero-order chi connectivity index (χ0) is 21.1. The summed E-state index contributed by atoms with van der Waals surface area (Å²) in [6.45, 7) is 5.85. The third-order valence-corrected chi connectivity index (χ3v) is 6.36. The van der Waals surface area contributed by atoms with E-state index in [9.17, 15) is 0 Å². The van der Waals surface area contributed by atoms with Gasteiger partial charge >= 0.3 is 0 Å². The molecule has 8 nitrogen and oxygen atoms in total. The fraction of sp³-hybridized carbons (Fsp3) is 0.435. The van der Waals surface area contributed by atoms with Crippen LogP contribution in [0, 0.1) is 6.92 Å². The molecule has 1 saturated heterocycles. The van der Waals surface area contributed by atoms with E-state index in [1.54, 1.807) is 0 Å². The number of rotatable bonds is 5. The van der Waals surface area contributed by atoms with Gasteiger partial charge in [-0.2, -0.15) is 4.68 Å². The second-order valence-corrected chi connectivity index (χ2v) is 8.68. The number of aryl methyl sites for hydroxylation is 3. The molecular formula is C23H26N8. The van der Waals surface area contributed by atoms with Gasteiger partial charge in [0.1, 0.15) is 29.1 Å².